The lowest BCUT2D eigenvalue weighted by Gasteiger charge is -2.07. The number of carbonyl (C=O) groups excluding carboxylic acids is 1. The first kappa shape index (κ1) is 9.71. The normalized spacial score (nSPS) is 9.77. The number of halogens is 1. The van der Waals surface area contributed by atoms with Crippen LogP contribution in [0.1, 0.15) is 21.5 Å². The van der Waals surface area contributed by atoms with E-state index in [0.717, 1.165) is 17.4 Å². The Labute approximate surface area is 76.3 Å². The lowest BCUT2D eigenvalue weighted by atomic mass is 10.0. The minimum absolute atomic E-state index is 0.461. The molecule has 0 saturated heterocycles. The number of carbonyl (C=O) groups is 1. The van der Waals surface area contributed by atoms with Gasteiger partial charge in [-0.25, -0.2) is 4.39 Å². The quantitative estimate of drug-likeness (QED) is 0.671. The Bertz CT molecular complexity index is 298. The van der Waals surface area contributed by atoms with Crippen LogP contribution in [0.2, 0.25) is 0 Å². The second-order valence-corrected chi connectivity index (χ2v) is 2.84. The van der Waals surface area contributed by atoms with Crippen molar-refractivity contribution in [3.8, 4) is 5.75 Å². The summed E-state index contributed by atoms with van der Waals surface area (Å²) in [5.74, 6) is 0.461. The SMILES string of the molecule is Cc1cc(OCF)cc(C)c1C=O. The maximum atomic E-state index is 11.8. The van der Waals surface area contributed by atoms with Gasteiger partial charge < -0.3 is 4.74 Å². The molecule has 1 rings (SSSR count). The van der Waals surface area contributed by atoms with Crippen molar-refractivity contribution in [3.05, 3.63) is 28.8 Å². The van der Waals surface area contributed by atoms with Crippen LogP contribution in [0.3, 0.4) is 0 Å². The maximum absolute atomic E-state index is 11.8. The van der Waals surface area contributed by atoms with Crippen molar-refractivity contribution in [1.29, 1.82) is 0 Å². The van der Waals surface area contributed by atoms with Crippen molar-refractivity contribution in [2.75, 3.05) is 6.86 Å². The van der Waals surface area contributed by atoms with Gasteiger partial charge in [-0.05, 0) is 37.1 Å². The second kappa shape index (κ2) is 4.03. The van der Waals surface area contributed by atoms with Gasteiger partial charge in [-0.2, -0.15) is 0 Å². The summed E-state index contributed by atoms with van der Waals surface area (Å²) in [4.78, 5) is 10.6. The second-order valence-electron chi connectivity index (χ2n) is 2.84. The van der Waals surface area contributed by atoms with Crippen LogP contribution in [0.15, 0.2) is 12.1 Å². The van der Waals surface area contributed by atoms with Gasteiger partial charge in [0, 0.05) is 5.56 Å². The summed E-state index contributed by atoms with van der Waals surface area (Å²) in [5, 5.41) is 0. The largest absolute Gasteiger partial charge is 0.463 e. The molecule has 0 aliphatic rings. The molecule has 0 aliphatic heterocycles. The number of rotatable bonds is 3. The van der Waals surface area contributed by atoms with Crippen molar-refractivity contribution >= 4 is 6.29 Å². The summed E-state index contributed by atoms with van der Waals surface area (Å²) in [6, 6.07) is 3.30. The molecule has 0 aromatic heterocycles. The van der Waals surface area contributed by atoms with Gasteiger partial charge in [0.15, 0.2) is 6.29 Å². The number of aryl methyl sites for hydroxylation is 2. The minimum atomic E-state index is -0.848. The molecule has 1 aromatic rings. The molecule has 2 nitrogen and oxygen atoms in total. The number of alkyl halides is 1. The van der Waals surface area contributed by atoms with Gasteiger partial charge in [-0.15, -0.1) is 0 Å². The molecule has 3 heteroatoms. The minimum Gasteiger partial charge on any atom is -0.463 e. The molecule has 0 unspecified atom stereocenters. The van der Waals surface area contributed by atoms with E-state index in [1.807, 2.05) is 0 Å². The smallest absolute Gasteiger partial charge is 0.228 e. The first-order chi connectivity index (χ1) is 6.19. The van der Waals surface area contributed by atoms with Gasteiger partial charge in [0.2, 0.25) is 6.86 Å². The fraction of sp³-hybridized carbons (Fsp3) is 0.300. The zero-order valence-electron chi connectivity index (χ0n) is 7.63. The van der Waals surface area contributed by atoms with Crippen LogP contribution in [0.5, 0.6) is 5.75 Å². The lowest BCUT2D eigenvalue weighted by Crippen LogP contribution is -1.96. The van der Waals surface area contributed by atoms with Crippen LogP contribution in [0.4, 0.5) is 4.39 Å². The Balaban J connectivity index is 3.12. The Morgan fingerprint density at radius 3 is 2.31 bits per heavy atom. The average molecular weight is 182 g/mol. The van der Waals surface area contributed by atoms with Crippen molar-refractivity contribution in [3.63, 3.8) is 0 Å². The monoisotopic (exact) mass is 182 g/mol. The van der Waals surface area contributed by atoms with Gasteiger partial charge in [0.25, 0.3) is 0 Å². The predicted molar refractivity (Wildman–Crippen MR) is 47.9 cm³/mol. The van der Waals surface area contributed by atoms with E-state index in [4.69, 9.17) is 0 Å². The van der Waals surface area contributed by atoms with E-state index < -0.39 is 6.86 Å². The molecule has 70 valence electrons. The van der Waals surface area contributed by atoms with E-state index in [1.165, 1.54) is 0 Å². The summed E-state index contributed by atoms with van der Waals surface area (Å²) in [6.07, 6.45) is 0.796. The molecule has 0 heterocycles. The number of ether oxygens (including phenoxy) is 1. The Kier molecular flexibility index (Phi) is 3.01. The molecular formula is C10H11FO2. The van der Waals surface area contributed by atoms with Gasteiger partial charge in [0.05, 0.1) is 0 Å². The molecule has 0 fully saturated rings. The van der Waals surface area contributed by atoms with Crippen LogP contribution >= 0.6 is 0 Å². The standard InChI is InChI=1S/C10H11FO2/c1-7-3-9(13-6-11)4-8(2)10(7)5-12/h3-5H,6H2,1-2H3. The van der Waals surface area contributed by atoms with Crippen LogP contribution in [0, 0.1) is 13.8 Å². The average Bonchev–Trinajstić information content (AvgIpc) is 2.04. The molecule has 0 bridgehead atoms. The lowest BCUT2D eigenvalue weighted by molar-refractivity contribution is 0.112. The molecule has 0 saturated carbocycles. The summed E-state index contributed by atoms with van der Waals surface area (Å²) in [5.41, 5.74) is 2.25. The van der Waals surface area contributed by atoms with E-state index in [1.54, 1.807) is 26.0 Å². The van der Waals surface area contributed by atoms with E-state index in [-0.39, 0.29) is 0 Å². The number of hydrogen-bond donors (Lipinski definition) is 0. The summed E-state index contributed by atoms with van der Waals surface area (Å²) >= 11 is 0. The molecule has 0 spiro atoms. The van der Waals surface area contributed by atoms with Crippen LogP contribution in [0.25, 0.3) is 0 Å². The van der Waals surface area contributed by atoms with Crippen molar-refractivity contribution in [2.24, 2.45) is 0 Å². The van der Waals surface area contributed by atoms with E-state index >= 15 is 0 Å². The van der Waals surface area contributed by atoms with Crippen molar-refractivity contribution < 1.29 is 13.9 Å². The highest BCUT2D eigenvalue weighted by atomic mass is 19.1. The number of aldehydes is 1. The molecule has 0 atom stereocenters. The number of hydrogen-bond acceptors (Lipinski definition) is 2. The first-order valence-electron chi connectivity index (χ1n) is 3.94. The molecular weight excluding hydrogens is 171 g/mol. The highest BCUT2D eigenvalue weighted by Crippen LogP contribution is 2.20. The molecule has 0 N–H and O–H groups in total. The van der Waals surface area contributed by atoms with Crippen molar-refractivity contribution in [2.45, 2.75) is 13.8 Å². The predicted octanol–water partition coefficient (Wildman–Crippen LogP) is 2.42. The van der Waals surface area contributed by atoms with Crippen LogP contribution in [-0.2, 0) is 0 Å². The van der Waals surface area contributed by atoms with Gasteiger partial charge >= 0.3 is 0 Å². The molecule has 13 heavy (non-hydrogen) atoms. The molecule has 1 aromatic carbocycles. The summed E-state index contributed by atoms with van der Waals surface area (Å²) in [6.45, 7) is 2.74. The van der Waals surface area contributed by atoms with Crippen LogP contribution < -0.4 is 4.74 Å². The van der Waals surface area contributed by atoms with Crippen LogP contribution in [-0.4, -0.2) is 13.1 Å². The van der Waals surface area contributed by atoms with Gasteiger partial charge in [0.1, 0.15) is 5.75 Å². The summed E-state index contributed by atoms with van der Waals surface area (Å²) in [7, 11) is 0. The first-order valence-corrected chi connectivity index (χ1v) is 3.94. The van der Waals surface area contributed by atoms with Gasteiger partial charge in [-0.3, -0.25) is 4.79 Å². The van der Waals surface area contributed by atoms with Crippen molar-refractivity contribution in [1.82, 2.24) is 0 Å². The highest BCUT2D eigenvalue weighted by molar-refractivity contribution is 5.79. The third kappa shape index (κ3) is 2.05. The van der Waals surface area contributed by atoms with E-state index in [0.29, 0.717) is 11.3 Å². The van der Waals surface area contributed by atoms with E-state index in [9.17, 15) is 9.18 Å². The fourth-order valence-electron chi connectivity index (χ4n) is 1.27. The Morgan fingerprint density at radius 2 is 1.92 bits per heavy atom. The molecule has 0 radical (unpaired) electrons. The third-order valence-electron chi connectivity index (χ3n) is 1.91. The summed E-state index contributed by atoms with van der Waals surface area (Å²) < 4.78 is 16.5. The molecule has 0 amide bonds. The van der Waals surface area contributed by atoms with E-state index in [2.05, 4.69) is 4.74 Å². The Hall–Kier alpha value is -1.38. The topological polar surface area (TPSA) is 26.3 Å². The fourth-order valence-corrected chi connectivity index (χ4v) is 1.27. The zero-order chi connectivity index (χ0) is 9.84. The van der Waals surface area contributed by atoms with Gasteiger partial charge in [-0.1, -0.05) is 0 Å². The highest BCUT2D eigenvalue weighted by Gasteiger charge is 2.04. The Morgan fingerprint density at radius 1 is 1.38 bits per heavy atom. The molecule has 0 aliphatic carbocycles. The number of benzene rings is 1. The zero-order valence-corrected chi connectivity index (χ0v) is 7.63. The third-order valence-corrected chi connectivity index (χ3v) is 1.91. The maximum Gasteiger partial charge on any atom is 0.228 e.